The molecule has 1 N–H and O–H groups in total. The molecular weight excluding hydrogens is 266 g/mol. The standard InChI is InChI=1S/C16H13N3O2/c20-15(11-5-7-17-8-6-11)3-4-16(21)12-1-2-14-13(9-12)10-18-19-14/h1-2,5-10H,3-4H2,(H,18,19). The Morgan fingerprint density at radius 3 is 2.43 bits per heavy atom. The molecule has 0 saturated carbocycles. The average Bonchev–Trinajstić information content (AvgIpc) is 3.00. The number of pyridine rings is 1. The van der Waals surface area contributed by atoms with Crippen molar-refractivity contribution in [3.8, 4) is 0 Å². The van der Waals surface area contributed by atoms with E-state index in [4.69, 9.17) is 0 Å². The lowest BCUT2D eigenvalue weighted by Crippen LogP contribution is -2.05. The maximum Gasteiger partial charge on any atom is 0.163 e. The van der Waals surface area contributed by atoms with Crippen LogP contribution in [0, 0.1) is 0 Å². The summed E-state index contributed by atoms with van der Waals surface area (Å²) in [7, 11) is 0. The first kappa shape index (κ1) is 13.2. The number of H-pyrrole nitrogens is 1. The van der Waals surface area contributed by atoms with Crippen molar-refractivity contribution in [1.82, 2.24) is 15.2 Å². The summed E-state index contributed by atoms with van der Waals surface area (Å²) in [5.74, 6) is -0.0874. The highest BCUT2D eigenvalue weighted by Crippen LogP contribution is 2.15. The van der Waals surface area contributed by atoms with E-state index in [1.54, 1.807) is 42.9 Å². The van der Waals surface area contributed by atoms with E-state index < -0.39 is 0 Å². The van der Waals surface area contributed by atoms with Crippen molar-refractivity contribution < 1.29 is 9.59 Å². The van der Waals surface area contributed by atoms with Crippen LogP contribution in [0.2, 0.25) is 0 Å². The zero-order valence-corrected chi connectivity index (χ0v) is 11.2. The fourth-order valence-corrected chi connectivity index (χ4v) is 2.17. The first-order valence-electron chi connectivity index (χ1n) is 6.63. The van der Waals surface area contributed by atoms with Crippen molar-refractivity contribution in [3.05, 3.63) is 60.0 Å². The van der Waals surface area contributed by atoms with Crippen LogP contribution in [0.15, 0.2) is 48.9 Å². The molecule has 0 aliphatic heterocycles. The Morgan fingerprint density at radius 1 is 0.952 bits per heavy atom. The van der Waals surface area contributed by atoms with Crippen LogP contribution in [0.25, 0.3) is 10.9 Å². The van der Waals surface area contributed by atoms with Gasteiger partial charge >= 0.3 is 0 Å². The minimum absolute atomic E-state index is 0.0412. The molecule has 5 heteroatoms. The number of rotatable bonds is 5. The number of fused-ring (bicyclic) bond motifs is 1. The summed E-state index contributed by atoms with van der Waals surface area (Å²) >= 11 is 0. The molecule has 2 aromatic heterocycles. The number of aromatic amines is 1. The van der Waals surface area contributed by atoms with Crippen LogP contribution in [0.3, 0.4) is 0 Å². The lowest BCUT2D eigenvalue weighted by Gasteiger charge is -2.02. The van der Waals surface area contributed by atoms with E-state index in [2.05, 4.69) is 15.2 Å². The molecule has 0 atom stereocenters. The van der Waals surface area contributed by atoms with Crippen molar-refractivity contribution in [1.29, 1.82) is 0 Å². The summed E-state index contributed by atoms with van der Waals surface area (Å²) in [6.07, 6.45) is 5.22. The minimum Gasteiger partial charge on any atom is -0.294 e. The number of benzene rings is 1. The Labute approximate surface area is 121 Å². The number of nitrogens with one attached hydrogen (secondary N) is 1. The van der Waals surface area contributed by atoms with Crippen LogP contribution >= 0.6 is 0 Å². The van der Waals surface area contributed by atoms with Crippen LogP contribution in [0.4, 0.5) is 0 Å². The SMILES string of the molecule is O=C(CCC(=O)c1ccc2[nH]ncc2c1)c1ccncc1. The van der Waals surface area contributed by atoms with E-state index in [0.717, 1.165) is 10.9 Å². The van der Waals surface area contributed by atoms with E-state index in [0.29, 0.717) is 11.1 Å². The molecular formula is C16H13N3O2. The number of carbonyl (C=O) groups is 2. The summed E-state index contributed by atoms with van der Waals surface area (Å²) in [4.78, 5) is 28.0. The Morgan fingerprint density at radius 2 is 1.67 bits per heavy atom. The van der Waals surface area contributed by atoms with Crippen LogP contribution in [0.1, 0.15) is 33.6 Å². The van der Waals surface area contributed by atoms with E-state index in [9.17, 15) is 9.59 Å². The highest BCUT2D eigenvalue weighted by Gasteiger charge is 2.11. The normalized spacial score (nSPS) is 10.7. The maximum absolute atomic E-state index is 12.2. The van der Waals surface area contributed by atoms with E-state index in [1.165, 1.54) is 0 Å². The van der Waals surface area contributed by atoms with Gasteiger partial charge in [0.15, 0.2) is 11.6 Å². The van der Waals surface area contributed by atoms with Gasteiger partial charge in [0.25, 0.3) is 0 Å². The lowest BCUT2D eigenvalue weighted by molar-refractivity contribution is 0.0917. The third kappa shape index (κ3) is 2.86. The fourth-order valence-electron chi connectivity index (χ4n) is 2.17. The van der Waals surface area contributed by atoms with Crippen LogP contribution in [0.5, 0.6) is 0 Å². The molecule has 0 spiro atoms. The van der Waals surface area contributed by atoms with Gasteiger partial charge in [0.1, 0.15) is 0 Å². The second-order valence-electron chi connectivity index (χ2n) is 4.75. The molecule has 3 rings (SSSR count). The minimum atomic E-state index is -0.0462. The zero-order valence-electron chi connectivity index (χ0n) is 11.2. The second-order valence-corrected chi connectivity index (χ2v) is 4.75. The summed E-state index contributed by atoms with van der Waals surface area (Å²) < 4.78 is 0. The topological polar surface area (TPSA) is 75.7 Å². The summed E-state index contributed by atoms with van der Waals surface area (Å²) in [6, 6.07) is 8.67. The van der Waals surface area contributed by atoms with Gasteiger partial charge in [-0.2, -0.15) is 5.10 Å². The first-order chi connectivity index (χ1) is 10.2. The molecule has 0 aliphatic rings. The van der Waals surface area contributed by atoms with Crippen LogP contribution in [-0.4, -0.2) is 26.7 Å². The van der Waals surface area contributed by atoms with Crippen molar-refractivity contribution in [2.24, 2.45) is 0 Å². The third-order valence-electron chi connectivity index (χ3n) is 3.34. The number of carbonyl (C=O) groups excluding carboxylic acids is 2. The second kappa shape index (κ2) is 5.66. The molecule has 0 amide bonds. The first-order valence-corrected chi connectivity index (χ1v) is 6.63. The number of ketones is 2. The van der Waals surface area contributed by atoms with Crippen molar-refractivity contribution in [3.63, 3.8) is 0 Å². The Kier molecular flexibility index (Phi) is 3.55. The number of nitrogens with zero attached hydrogens (tertiary/aromatic N) is 2. The van der Waals surface area contributed by atoms with Gasteiger partial charge in [-0.05, 0) is 30.3 Å². The highest BCUT2D eigenvalue weighted by molar-refractivity contribution is 6.03. The molecule has 2 heterocycles. The summed E-state index contributed by atoms with van der Waals surface area (Å²) in [6.45, 7) is 0. The van der Waals surface area contributed by atoms with Crippen LogP contribution in [-0.2, 0) is 0 Å². The third-order valence-corrected chi connectivity index (χ3v) is 3.34. The number of hydrogen-bond acceptors (Lipinski definition) is 4. The highest BCUT2D eigenvalue weighted by atomic mass is 16.1. The predicted molar refractivity (Wildman–Crippen MR) is 78.2 cm³/mol. The Bertz CT molecular complexity index is 793. The number of Topliss-reactive ketones (excluding diaryl/α,β-unsaturated/α-hetero) is 2. The van der Waals surface area contributed by atoms with Gasteiger partial charge < -0.3 is 0 Å². The molecule has 104 valence electrons. The van der Waals surface area contributed by atoms with Gasteiger partial charge in [0.05, 0.1) is 11.7 Å². The molecule has 21 heavy (non-hydrogen) atoms. The molecule has 0 bridgehead atoms. The van der Waals surface area contributed by atoms with Crippen molar-refractivity contribution >= 4 is 22.5 Å². The fraction of sp³-hybridized carbons (Fsp3) is 0.125. The molecule has 0 fully saturated rings. The predicted octanol–water partition coefficient (Wildman–Crippen LogP) is 2.80. The van der Waals surface area contributed by atoms with E-state index >= 15 is 0 Å². The van der Waals surface area contributed by atoms with Crippen LogP contribution < -0.4 is 0 Å². The number of hydrogen-bond donors (Lipinski definition) is 1. The largest absolute Gasteiger partial charge is 0.294 e. The van der Waals surface area contributed by atoms with Gasteiger partial charge in [-0.1, -0.05) is 0 Å². The summed E-state index contributed by atoms with van der Waals surface area (Å²) in [5, 5.41) is 7.65. The molecule has 0 radical (unpaired) electrons. The smallest absolute Gasteiger partial charge is 0.163 e. The summed E-state index contributed by atoms with van der Waals surface area (Å²) in [5.41, 5.74) is 2.08. The van der Waals surface area contributed by atoms with Crippen molar-refractivity contribution in [2.75, 3.05) is 0 Å². The van der Waals surface area contributed by atoms with Gasteiger partial charge in [0.2, 0.25) is 0 Å². The van der Waals surface area contributed by atoms with Gasteiger partial charge in [-0.3, -0.25) is 19.7 Å². The van der Waals surface area contributed by atoms with Gasteiger partial charge in [-0.15, -0.1) is 0 Å². The molecule has 1 aromatic carbocycles. The monoisotopic (exact) mass is 279 g/mol. The molecule has 0 unspecified atom stereocenters. The zero-order chi connectivity index (χ0) is 14.7. The van der Waals surface area contributed by atoms with E-state index in [-0.39, 0.29) is 24.4 Å². The Balaban J connectivity index is 1.67. The molecule has 3 aromatic rings. The van der Waals surface area contributed by atoms with Crippen molar-refractivity contribution in [2.45, 2.75) is 12.8 Å². The maximum atomic E-state index is 12.2. The molecule has 0 aliphatic carbocycles. The number of aromatic nitrogens is 3. The lowest BCUT2D eigenvalue weighted by atomic mass is 10.0. The van der Waals surface area contributed by atoms with Gasteiger partial charge in [-0.25, -0.2) is 0 Å². The Hall–Kier alpha value is -2.82. The average molecular weight is 279 g/mol. The van der Waals surface area contributed by atoms with Gasteiger partial charge in [0, 0.05) is 41.7 Å². The van der Waals surface area contributed by atoms with E-state index in [1.807, 2.05) is 6.07 Å². The molecule has 0 saturated heterocycles. The quantitative estimate of drug-likeness (QED) is 0.729. The molecule has 5 nitrogen and oxygen atoms in total.